The van der Waals surface area contributed by atoms with Crippen LogP contribution in [0.1, 0.15) is 37.8 Å². The largest absolute Gasteiger partial charge is 0.480 e. The summed E-state index contributed by atoms with van der Waals surface area (Å²) in [6, 6.07) is 4.44. The molecule has 2 rings (SSSR count). The van der Waals surface area contributed by atoms with Crippen molar-refractivity contribution in [3.63, 3.8) is 0 Å². The van der Waals surface area contributed by atoms with E-state index in [1.54, 1.807) is 13.0 Å². The van der Waals surface area contributed by atoms with Gasteiger partial charge in [0.25, 0.3) is 0 Å². The summed E-state index contributed by atoms with van der Waals surface area (Å²) in [6.45, 7) is 2.75. The van der Waals surface area contributed by atoms with Crippen LogP contribution in [0.15, 0.2) is 23.4 Å². The Hall–Kier alpha value is -2.40. The van der Waals surface area contributed by atoms with E-state index >= 15 is 0 Å². The van der Waals surface area contributed by atoms with Crippen molar-refractivity contribution in [2.75, 3.05) is 6.26 Å². The van der Waals surface area contributed by atoms with Gasteiger partial charge in [-0.1, -0.05) is 17.1 Å². The molecule has 0 saturated carbocycles. The summed E-state index contributed by atoms with van der Waals surface area (Å²) in [5.74, 6) is 3.31. The number of carboxylic acids is 1. The molecule has 0 amide bonds. The van der Waals surface area contributed by atoms with Gasteiger partial charge in [-0.25, -0.2) is 12.8 Å². The minimum atomic E-state index is -3.86. The fourth-order valence-electron chi connectivity index (χ4n) is 2.47. The van der Waals surface area contributed by atoms with E-state index in [0.29, 0.717) is 11.3 Å². The highest BCUT2D eigenvalue weighted by Crippen LogP contribution is 2.29. The molecule has 0 fully saturated rings. The number of carbonyl (C=O) groups is 1. The van der Waals surface area contributed by atoms with E-state index in [1.807, 2.05) is 0 Å². The van der Waals surface area contributed by atoms with E-state index in [0.717, 1.165) is 13.2 Å². The van der Waals surface area contributed by atoms with Crippen molar-refractivity contribution in [1.82, 2.24) is 0 Å². The van der Waals surface area contributed by atoms with Gasteiger partial charge in [0, 0.05) is 24.7 Å². The van der Waals surface area contributed by atoms with Crippen molar-refractivity contribution < 1.29 is 27.5 Å². The summed E-state index contributed by atoms with van der Waals surface area (Å²) in [5.41, 5.74) is 1.18. The minimum absolute atomic E-state index is 0.191. The van der Waals surface area contributed by atoms with Crippen LogP contribution in [-0.2, 0) is 19.5 Å². The highest BCUT2D eigenvalue weighted by Gasteiger charge is 2.47. The molecular formula is C17H18FNO5S. The molecule has 0 aliphatic carbocycles. The zero-order valence-corrected chi connectivity index (χ0v) is 14.9. The van der Waals surface area contributed by atoms with Crippen molar-refractivity contribution in [2.24, 2.45) is 5.16 Å². The lowest BCUT2D eigenvalue weighted by atomic mass is 9.96. The molecule has 2 unspecified atom stereocenters. The summed E-state index contributed by atoms with van der Waals surface area (Å²) in [4.78, 5) is 16.6. The second-order valence-corrected chi connectivity index (χ2v) is 8.50. The second kappa shape index (κ2) is 6.84. The maximum absolute atomic E-state index is 14.0. The molecule has 8 heteroatoms. The first-order valence-corrected chi connectivity index (χ1v) is 9.36. The molecule has 0 radical (unpaired) electrons. The Morgan fingerprint density at radius 2 is 2.20 bits per heavy atom. The molecule has 1 aromatic carbocycles. The maximum atomic E-state index is 14.0. The van der Waals surface area contributed by atoms with Gasteiger partial charge in [0.2, 0.25) is 0 Å². The summed E-state index contributed by atoms with van der Waals surface area (Å²) < 4.78 is 35.7. The number of halogens is 1. The van der Waals surface area contributed by atoms with Crippen LogP contribution < -0.4 is 0 Å². The van der Waals surface area contributed by atoms with Crippen LogP contribution >= 0.6 is 0 Å². The highest BCUT2D eigenvalue weighted by molar-refractivity contribution is 7.92. The lowest BCUT2D eigenvalue weighted by Crippen LogP contribution is -2.45. The van der Waals surface area contributed by atoms with Gasteiger partial charge in [-0.2, -0.15) is 0 Å². The molecule has 0 spiro atoms. The normalized spacial score (nSPS) is 19.2. The topological polar surface area (TPSA) is 93.0 Å². The van der Waals surface area contributed by atoms with Gasteiger partial charge in [-0.3, -0.25) is 4.79 Å². The first kappa shape index (κ1) is 18.9. The SMILES string of the molecule is CC#Cc1ccc(C2=NOC(CC(C)(C(=O)O)S(C)(=O)=O)C2)cc1F. The van der Waals surface area contributed by atoms with E-state index in [-0.39, 0.29) is 18.4 Å². The summed E-state index contributed by atoms with van der Waals surface area (Å²) in [5, 5.41) is 13.2. The number of hydrogen-bond donors (Lipinski definition) is 1. The van der Waals surface area contributed by atoms with Crippen LogP contribution in [-0.4, -0.2) is 42.3 Å². The van der Waals surface area contributed by atoms with E-state index in [1.165, 1.54) is 12.1 Å². The van der Waals surface area contributed by atoms with Gasteiger partial charge in [-0.05, 0) is 26.0 Å². The molecule has 1 heterocycles. The molecule has 2 atom stereocenters. The molecule has 0 bridgehead atoms. The van der Waals surface area contributed by atoms with E-state index in [2.05, 4.69) is 17.0 Å². The van der Waals surface area contributed by atoms with Gasteiger partial charge in [-0.15, -0.1) is 5.92 Å². The highest BCUT2D eigenvalue weighted by atomic mass is 32.2. The Balaban J connectivity index is 2.17. The van der Waals surface area contributed by atoms with Crippen molar-refractivity contribution in [3.8, 4) is 11.8 Å². The molecule has 134 valence electrons. The third kappa shape index (κ3) is 3.82. The fraction of sp³-hybridized carbons (Fsp3) is 0.412. The van der Waals surface area contributed by atoms with E-state index < -0.39 is 32.5 Å². The van der Waals surface area contributed by atoms with E-state index in [4.69, 9.17) is 4.84 Å². The number of carboxylic acid groups (broad SMARTS) is 1. The minimum Gasteiger partial charge on any atom is -0.480 e. The first-order chi connectivity index (χ1) is 11.6. The smallest absolute Gasteiger partial charge is 0.324 e. The molecule has 25 heavy (non-hydrogen) atoms. The monoisotopic (exact) mass is 367 g/mol. The molecule has 1 aliphatic rings. The van der Waals surface area contributed by atoms with E-state index in [9.17, 15) is 22.7 Å². The first-order valence-electron chi connectivity index (χ1n) is 7.47. The predicted molar refractivity (Wildman–Crippen MR) is 90.5 cm³/mol. The third-order valence-electron chi connectivity index (χ3n) is 4.18. The lowest BCUT2D eigenvalue weighted by Gasteiger charge is -2.24. The number of rotatable bonds is 5. The molecule has 6 nitrogen and oxygen atoms in total. The molecule has 1 N–H and O–H groups in total. The van der Waals surface area contributed by atoms with Gasteiger partial charge < -0.3 is 9.94 Å². The number of sulfone groups is 1. The van der Waals surface area contributed by atoms with Gasteiger partial charge in [0.1, 0.15) is 11.9 Å². The van der Waals surface area contributed by atoms with Crippen LogP contribution in [0.5, 0.6) is 0 Å². The van der Waals surface area contributed by atoms with Gasteiger partial charge in [0.05, 0.1) is 11.3 Å². The van der Waals surface area contributed by atoms with Crippen LogP contribution in [0.25, 0.3) is 0 Å². The standard InChI is InChI=1S/C17H18FNO5S/c1-4-5-11-6-7-12(8-14(11)18)15-9-13(24-19-15)10-17(2,16(20)21)25(3,22)23/h6-8,13H,9-10H2,1-3H3,(H,20,21). The number of nitrogens with zero attached hydrogens (tertiary/aromatic N) is 1. The summed E-state index contributed by atoms with van der Waals surface area (Å²) in [7, 11) is -3.86. The van der Waals surface area contributed by atoms with Crippen molar-refractivity contribution in [3.05, 3.63) is 35.1 Å². The number of hydrogen-bond acceptors (Lipinski definition) is 5. The molecule has 1 aromatic rings. The average Bonchev–Trinajstić information content (AvgIpc) is 2.96. The lowest BCUT2D eigenvalue weighted by molar-refractivity contribution is -0.140. The summed E-state index contributed by atoms with van der Waals surface area (Å²) in [6.07, 6.45) is 0.0944. The Morgan fingerprint density at radius 1 is 1.52 bits per heavy atom. The Kier molecular flexibility index (Phi) is 5.18. The Morgan fingerprint density at radius 3 is 2.72 bits per heavy atom. The fourth-order valence-corrected chi connectivity index (χ4v) is 3.28. The van der Waals surface area contributed by atoms with Crippen LogP contribution in [0.4, 0.5) is 4.39 Å². The number of oxime groups is 1. The van der Waals surface area contributed by atoms with Crippen molar-refractivity contribution in [2.45, 2.75) is 37.5 Å². The Labute approximate surface area is 145 Å². The maximum Gasteiger partial charge on any atom is 0.324 e. The predicted octanol–water partition coefficient (Wildman–Crippen LogP) is 1.97. The second-order valence-electron chi connectivity index (χ2n) is 6.05. The number of aliphatic carboxylic acids is 1. The van der Waals surface area contributed by atoms with Crippen molar-refractivity contribution in [1.29, 1.82) is 0 Å². The van der Waals surface area contributed by atoms with Crippen LogP contribution in [0.2, 0.25) is 0 Å². The molecule has 0 saturated heterocycles. The summed E-state index contributed by atoms with van der Waals surface area (Å²) >= 11 is 0. The van der Waals surface area contributed by atoms with Gasteiger partial charge in [0.15, 0.2) is 14.6 Å². The average molecular weight is 367 g/mol. The molecule has 0 aromatic heterocycles. The van der Waals surface area contributed by atoms with Crippen LogP contribution in [0.3, 0.4) is 0 Å². The zero-order valence-electron chi connectivity index (χ0n) is 14.0. The van der Waals surface area contributed by atoms with Crippen LogP contribution in [0, 0.1) is 17.7 Å². The zero-order chi connectivity index (χ0) is 18.8. The number of benzene rings is 1. The molecular weight excluding hydrogens is 349 g/mol. The Bertz CT molecular complexity index is 897. The van der Waals surface area contributed by atoms with Crippen molar-refractivity contribution >= 4 is 21.5 Å². The quantitative estimate of drug-likeness (QED) is 0.803. The third-order valence-corrected chi connectivity index (χ3v) is 6.16. The molecule has 1 aliphatic heterocycles. The van der Waals surface area contributed by atoms with Gasteiger partial charge >= 0.3 is 5.97 Å².